The van der Waals surface area contributed by atoms with E-state index >= 15 is 0 Å². The van der Waals surface area contributed by atoms with Crippen molar-refractivity contribution in [3.05, 3.63) is 54.1 Å². The van der Waals surface area contributed by atoms with Crippen molar-refractivity contribution in [3.63, 3.8) is 0 Å². The maximum atomic E-state index is 12.3. The number of methoxy groups -OCH3 is 2. The van der Waals surface area contributed by atoms with Gasteiger partial charge in [0.15, 0.2) is 11.5 Å². The van der Waals surface area contributed by atoms with E-state index in [0.29, 0.717) is 24.5 Å². The average Bonchev–Trinajstić information content (AvgIpc) is 3.42. The average molecular weight is 341 g/mol. The molecule has 1 aliphatic carbocycles. The minimum Gasteiger partial charge on any atom is -0.493 e. The van der Waals surface area contributed by atoms with E-state index in [1.54, 1.807) is 14.2 Å². The molecule has 132 valence electrons. The number of amides is 1. The molecule has 0 radical (unpaired) electrons. The van der Waals surface area contributed by atoms with Crippen LogP contribution >= 0.6 is 0 Å². The van der Waals surface area contributed by atoms with E-state index in [2.05, 4.69) is 5.32 Å². The molecule has 0 unspecified atom stereocenters. The Balaban J connectivity index is 1.57. The number of ether oxygens (including phenoxy) is 3. The number of carbonyl (C=O) groups excluding carboxylic acids is 1. The fourth-order valence-electron chi connectivity index (χ4n) is 2.85. The van der Waals surface area contributed by atoms with Crippen LogP contribution in [0, 0.1) is 0 Å². The van der Waals surface area contributed by atoms with Gasteiger partial charge in [0.25, 0.3) is 0 Å². The van der Waals surface area contributed by atoms with E-state index in [4.69, 9.17) is 14.2 Å². The van der Waals surface area contributed by atoms with Crippen LogP contribution < -0.4 is 19.5 Å². The highest BCUT2D eigenvalue weighted by molar-refractivity contribution is 5.77. The zero-order valence-corrected chi connectivity index (χ0v) is 14.6. The summed E-state index contributed by atoms with van der Waals surface area (Å²) < 4.78 is 16.2. The van der Waals surface area contributed by atoms with Gasteiger partial charge in [-0.05, 0) is 42.7 Å². The van der Waals surface area contributed by atoms with E-state index in [0.717, 1.165) is 24.2 Å². The second kappa shape index (κ2) is 7.47. The van der Waals surface area contributed by atoms with Gasteiger partial charge in [0.05, 0.1) is 32.8 Å². The van der Waals surface area contributed by atoms with Crippen LogP contribution in [0.25, 0.3) is 0 Å². The second-order valence-electron chi connectivity index (χ2n) is 6.11. The third-order valence-corrected chi connectivity index (χ3v) is 4.41. The lowest BCUT2D eigenvalue weighted by molar-refractivity contribution is -0.122. The molecule has 1 amide bonds. The molecule has 2 aromatic carbocycles. The number of benzene rings is 2. The Morgan fingerprint density at radius 2 is 1.76 bits per heavy atom. The maximum absolute atomic E-state index is 12.3. The molecular weight excluding hydrogens is 318 g/mol. The molecule has 25 heavy (non-hydrogen) atoms. The van der Waals surface area contributed by atoms with Crippen LogP contribution in [0.15, 0.2) is 48.5 Å². The lowest BCUT2D eigenvalue weighted by Gasteiger charge is -2.19. The Morgan fingerprint density at radius 1 is 1.04 bits per heavy atom. The molecule has 3 rings (SSSR count). The maximum Gasteiger partial charge on any atom is 0.224 e. The standard InChI is InChI=1S/C20H23NO4/c1-23-17-9-8-15(14-18(17)24-2)20(11-12-20)21-19(22)10-13-25-16-6-4-3-5-7-16/h3-9,14H,10-13H2,1-2H3,(H,21,22). The van der Waals surface area contributed by atoms with E-state index in [1.165, 1.54) is 0 Å². The summed E-state index contributed by atoms with van der Waals surface area (Å²) in [4.78, 5) is 12.3. The van der Waals surface area contributed by atoms with Gasteiger partial charge in [-0.2, -0.15) is 0 Å². The molecule has 0 aromatic heterocycles. The molecule has 0 heterocycles. The number of para-hydroxylation sites is 1. The second-order valence-corrected chi connectivity index (χ2v) is 6.11. The van der Waals surface area contributed by atoms with Crippen molar-refractivity contribution in [2.24, 2.45) is 0 Å². The van der Waals surface area contributed by atoms with Crippen molar-refractivity contribution in [3.8, 4) is 17.2 Å². The molecule has 0 bridgehead atoms. The molecule has 2 aromatic rings. The zero-order chi connectivity index (χ0) is 17.7. The van der Waals surface area contributed by atoms with Gasteiger partial charge in [-0.1, -0.05) is 24.3 Å². The van der Waals surface area contributed by atoms with Gasteiger partial charge >= 0.3 is 0 Å². The van der Waals surface area contributed by atoms with Gasteiger partial charge in [-0.15, -0.1) is 0 Å². The Kier molecular flexibility index (Phi) is 5.12. The van der Waals surface area contributed by atoms with Crippen molar-refractivity contribution in [2.45, 2.75) is 24.8 Å². The summed E-state index contributed by atoms with van der Waals surface area (Å²) in [6, 6.07) is 15.3. The van der Waals surface area contributed by atoms with Gasteiger partial charge in [0, 0.05) is 0 Å². The minimum atomic E-state index is -0.288. The van der Waals surface area contributed by atoms with Crippen molar-refractivity contribution in [1.82, 2.24) is 5.32 Å². The smallest absolute Gasteiger partial charge is 0.224 e. The Morgan fingerprint density at radius 3 is 2.40 bits per heavy atom. The molecule has 0 saturated heterocycles. The van der Waals surface area contributed by atoms with Crippen LogP contribution in [0.2, 0.25) is 0 Å². The highest BCUT2D eigenvalue weighted by atomic mass is 16.5. The molecule has 5 nitrogen and oxygen atoms in total. The number of rotatable bonds is 8. The van der Waals surface area contributed by atoms with Crippen LogP contribution in [0.5, 0.6) is 17.2 Å². The molecule has 0 atom stereocenters. The lowest BCUT2D eigenvalue weighted by Crippen LogP contribution is -2.35. The molecule has 0 spiro atoms. The summed E-state index contributed by atoms with van der Waals surface area (Å²) in [6.45, 7) is 0.359. The predicted molar refractivity (Wildman–Crippen MR) is 95.2 cm³/mol. The van der Waals surface area contributed by atoms with Crippen LogP contribution in [0.1, 0.15) is 24.8 Å². The van der Waals surface area contributed by atoms with Crippen molar-refractivity contribution >= 4 is 5.91 Å². The third-order valence-electron chi connectivity index (χ3n) is 4.41. The van der Waals surface area contributed by atoms with Crippen LogP contribution in [0.3, 0.4) is 0 Å². The highest BCUT2D eigenvalue weighted by Gasteiger charge is 2.45. The van der Waals surface area contributed by atoms with Gasteiger partial charge in [0.1, 0.15) is 5.75 Å². The highest BCUT2D eigenvalue weighted by Crippen LogP contribution is 2.47. The lowest BCUT2D eigenvalue weighted by atomic mass is 10.0. The van der Waals surface area contributed by atoms with Crippen LogP contribution in [-0.4, -0.2) is 26.7 Å². The number of hydrogen-bond donors (Lipinski definition) is 1. The van der Waals surface area contributed by atoms with Gasteiger partial charge < -0.3 is 19.5 Å². The quantitative estimate of drug-likeness (QED) is 0.800. The normalized spacial score (nSPS) is 14.5. The summed E-state index contributed by atoms with van der Waals surface area (Å²) in [6.07, 6.45) is 2.17. The monoisotopic (exact) mass is 341 g/mol. The molecule has 1 saturated carbocycles. The molecule has 1 N–H and O–H groups in total. The molecule has 5 heteroatoms. The first-order valence-electron chi connectivity index (χ1n) is 8.38. The largest absolute Gasteiger partial charge is 0.493 e. The molecule has 1 aliphatic rings. The SMILES string of the molecule is COc1ccc(C2(NC(=O)CCOc3ccccc3)CC2)cc1OC. The van der Waals surface area contributed by atoms with Gasteiger partial charge in [-0.25, -0.2) is 0 Å². The fraction of sp³-hybridized carbons (Fsp3) is 0.350. The first kappa shape index (κ1) is 17.1. The van der Waals surface area contributed by atoms with Crippen molar-refractivity contribution < 1.29 is 19.0 Å². The summed E-state index contributed by atoms with van der Waals surface area (Å²) in [5.74, 6) is 2.12. The Labute approximate surface area is 147 Å². The first-order chi connectivity index (χ1) is 12.2. The summed E-state index contributed by atoms with van der Waals surface area (Å²) in [5, 5.41) is 3.14. The number of hydrogen-bond acceptors (Lipinski definition) is 4. The van der Waals surface area contributed by atoms with E-state index in [1.807, 2.05) is 48.5 Å². The third kappa shape index (κ3) is 4.05. The number of nitrogens with one attached hydrogen (secondary N) is 1. The van der Waals surface area contributed by atoms with E-state index in [-0.39, 0.29) is 11.4 Å². The minimum absolute atomic E-state index is 0.0109. The summed E-state index contributed by atoms with van der Waals surface area (Å²) in [7, 11) is 3.22. The Hall–Kier alpha value is -2.69. The first-order valence-corrected chi connectivity index (χ1v) is 8.38. The predicted octanol–water partition coefficient (Wildman–Crippen LogP) is 3.28. The Bertz CT molecular complexity index is 726. The van der Waals surface area contributed by atoms with Crippen LogP contribution in [-0.2, 0) is 10.3 Å². The zero-order valence-electron chi connectivity index (χ0n) is 14.6. The van der Waals surface area contributed by atoms with Gasteiger partial charge in [-0.3, -0.25) is 4.79 Å². The molecule has 0 aliphatic heterocycles. The summed E-state index contributed by atoms with van der Waals surface area (Å²) in [5.41, 5.74) is 0.756. The summed E-state index contributed by atoms with van der Waals surface area (Å²) >= 11 is 0. The fourth-order valence-corrected chi connectivity index (χ4v) is 2.85. The van der Waals surface area contributed by atoms with Crippen LogP contribution in [0.4, 0.5) is 0 Å². The van der Waals surface area contributed by atoms with E-state index in [9.17, 15) is 4.79 Å². The van der Waals surface area contributed by atoms with E-state index < -0.39 is 0 Å². The topological polar surface area (TPSA) is 56.8 Å². The van der Waals surface area contributed by atoms with Crippen molar-refractivity contribution in [1.29, 1.82) is 0 Å². The molecular formula is C20H23NO4. The number of carbonyl (C=O) groups is 1. The van der Waals surface area contributed by atoms with Gasteiger partial charge in [0.2, 0.25) is 5.91 Å². The molecule has 1 fully saturated rings. The van der Waals surface area contributed by atoms with Crippen molar-refractivity contribution in [2.75, 3.05) is 20.8 Å².